The van der Waals surface area contributed by atoms with E-state index in [1.54, 1.807) is 67.7 Å². The van der Waals surface area contributed by atoms with Crippen molar-refractivity contribution in [2.24, 2.45) is 0 Å². The van der Waals surface area contributed by atoms with Gasteiger partial charge in [-0.3, -0.25) is 4.98 Å². The molecule has 0 unspecified atom stereocenters. The maximum absolute atomic E-state index is 14.8. The van der Waals surface area contributed by atoms with E-state index in [0.717, 1.165) is 24.0 Å². The molecule has 5 heteroatoms. The van der Waals surface area contributed by atoms with E-state index in [1.165, 1.54) is 0 Å². The predicted octanol–water partition coefficient (Wildman–Crippen LogP) is 8.27. The highest BCUT2D eigenvalue weighted by Crippen LogP contribution is 2.28. The van der Waals surface area contributed by atoms with E-state index in [0.29, 0.717) is 36.1 Å². The first-order chi connectivity index (χ1) is 16.9. The Morgan fingerprint density at radius 2 is 1.20 bits per heavy atom. The van der Waals surface area contributed by atoms with Crippen LogP contribution in [0.4, 0.5) is 17.6 Å². The molecular weight excluding hydrogens is 450 g/mol. The number of aromatic nitrogens is 1. The van der Waals surface area contributed by atoms with E-state index in [4.69, 9.17) is 0 Å². The summed E-state index contributed by atoms with van der Waals surface area (Å²) in [7, 11) is 0. The minimum absolute atomic E-state index is 0.141. The number of halogens is 4. The maximum Gasteiger partial charge on any atom is 0.168 e. The Bertz CT molecular complexity index is 1310. The number of aryl methyl sites for hydroxylation is 4. The van der Waals surface area contributed by atoms with Gasteiger partial charge in [0.1, 0.15) is 0 Å². The molecule has 180 valence electrons. The second-order valence-corrected chi connectivity index (χ2v) is 8.65. The van der Waals surface area contributed by atoms with Crippen molar-refractivity contribution in [3.8, 4) is 22.4 Å². The van der Waals surface area contributed by atoms with Crippen LogP contribution in [0.5, 0.6) is 0 Å². The fraction of sp³-hybridized carbons (Fsp3) is 0.233. The van der Waals surface area contributed by atoms with Crippen molar-refractivity contribution in [2.45, 2.75) is 46.0 Å². The molecule has 1 nitrogen and oxygen atoms in total. The monoisotopic (exact) mass is 477 g/mol. The summed E-state index contributed by atoms with van der Waals surface area (Å²) in [6, 6.07) is 17.0. The van der Waals surface area contributed by atoms with Gasteiger partial charge in [0.25, 0.3) is 0 Å². The van der Waals surface area contributed by atoms with Gasteiger partial charge in [0.15, 0.2) is 23.3 Å². The van der Waals surface area contributed by atoms with Gasteiger partial charge in [0, 0.05) is 17.3 Å². The molecule has 0 aliphatic rings. The Morgan fingerprint density at radius 1 is 0.571 bits per heavy atom. The Kier molecular flexibility index (Phi) is 7.64. The smallest absolute Gasteiger partial charge is 0.168 e. The first kappa shape index (κ1) is 24.6. The zero-order valence-corrected chi connectivity index (χ0v) is 19.8. The van der Waals surface area contributed by atoms with Crippen LogP contribution in [0.1, 0.15) is 42.5 Å². The van der Waals surface area contributed by atoms with Crippen LogP contribution >= 0.6 is 0 Å². The average molecular weight is 478 g/mol. The van der Waals surface area contributed by atoms with Gasteiger partial charge < -0.3 is 0 Å². The molecule has 4 rings (SSSR count). The lowest BCUT2D eigenvalue weighted by atomic mass is 9.97. The molecule has 3 aromatic carbocycles. The molecule has 0 atom stereocenters. The highest BCUT2D eigenvalue weighted by molar-refractivity contribution is 5.65. The highest BCUT2D eigenvalue weighted by Gasteiger charge is 2.16. The standard InChI is InChI=1S/C30H27F4N/c1-3-5-20-9-17-26(35-18-20)25-16-14-23(28(32)30(25)34)12-8-19-6-10-22(11-7-19)24-15-13-21(4-2)27(31)29(24)33/h6-7,9-11,13-18H,3-5,8,12H2,1-2H3. The van der Waals surface area contributed by atoms with Crippen molar-refractivity contribution in [3.63, 3.8) is 0 Å². The molecule has 0 bridgehead atoms. The molecule has 0 amide bonds. The van der Waals surface area contributed by atoms with Gasteiger partial charge in [-0.05, 0) is 65.6 Å². The van der Waals surface area contributed by atoms with E-state index in [1.807, 2.05) is 6.07 Å². The maximum atomic E-state index is 14.8. The lowest BCUT2D eigenvalue weighted by Crippen LogP contribution is -2.01. The van der Waals surface area contributed by atoms with E-state index in [-0.39, 0.29) is 16.7 Å². The number of hydrogen-bond acceptors (Lipinski definition) is 1. The summed E-state index contributed by atoms with van der Waals surface area (Å²) < 4.78 is 58.2. The minimum Gasteiger partial charge on any atom is -0.256 e. The third kappa shape index (κ3) is 5.29. The van der Waals surface area contributed by atoms with E-state index in [2.05, 4.69) is 11.9 Å². The van der Waals surface area contributed by atoms with Crippen molar-refractivity contribution in [1.82, 2.24) is 4.98 Å². The molecule has 0 saturated carbocycles. The van der Waals surface area contributed by atoms with Crippen LogP contribution < -0.4 is 0 Å². The van der Waals surface area contributed by atoms with Crippen LogP contribution in [0.2, 0.25) is 0 Å². The number of nitrogens with zero attached hydrogens (tertiary/aromatic N) is 1. The van der Waals surface area contributed by atoms with Crippen LogP contribution in [0.15, 0.2) is 66.9 Å². The fourth-order valence-corrected chi connectivity index (χ4v) is 4.22. The Hall–Kier alpha value is -3.47. The van der Waals surface area contributed by atoms with Crippen LogP contribution in [-0.2, 0) is 25.7 Å². The summed E-state index contributed by atoms with van der Waals surface area (Å²) >= 11 is 0. The van der Waals surface area contributed by atoms with Crippen molar-refractivity contribution in [2.75, 3.05) is 0 Å². The Balaban J connectivity index is 1.47. The van der Waals surface area contributed by atoms with Crippen LogP contribution in [0.25, 0.3) is 22.4 Å². The number of benzene rings is 3. The van der Waals surface area contributed by atoms with Crippen molar-refractivity contribution >= 4 is 0 Å². The molecule has 0 saturated heterocycles. The quantitative estimate of drug-likeness (QED) is 0.233. The van der Waals surface area contributed by atoms with Gasteiger partial charge in [-0.25, -0.2) is 17.6 Å². The van der Waals surface area contributed by atoms with E-state index < -0.39 is 23.3 Å². The summed E-state index contributed by atoms with van der Waals surface area (Å²) in [6.07, 6.45) is 4.78. The topological polar surface area (TPSA) is 12.9 Å². The molecule has 1 heterocycles. The van der Waals surface area contributed by atoms with Gasteiger partial charge in [0.2, 0.25) is 0 Å². The average Bonchev–Trinajstić information content (AvgIpc) is 2.88. The number of hydrogen-bond donors (Lipinski definition) is 0. The van der Waals surface area contributed by atoms with Crippen LogP contribution in [0, 0.1) is 23.3 Å². The van der Waals surface area contributed by atoms with E-state index in [9.17, 15) is 17.6 Å². The SMILES string of the molecule is CCCc1ccc(-c2ccc(CCc3ccc(-c4ccc(CC)c(F)c4F)cc3)c(F)c2F)nc1. The van der Waals surface area contributed by atoms with E-state index >= 15 is 0 Å². The Morgan fingerprint density at radius 3 is 1.86 bits per heavy atom. The third-order valence-electron chi connectivity index (χ3n) is 6.29. The molecule has 0 spiro atoms. The molecule has 4 aromatic rings. The second kappa shape index (κ2) is 10.9. The zero-order valence-electron chi connectivity index (χ0n) is 19.8. The Labute approximate surface area is 203 Å². The van der Waals surface area contributed by atoms with Crippen molar-refractivity contribution < 1.29 is 17.6 Å². The summed E-state index contributed by atoms with van der Waals surface area (Å²) in [5, 5.41) is 0. The minimum atomic E-state index is -0.901. The lowest BCUT2D eigenvalue weighted by Gasteiger charge is -2.10. The van der Waals surface area contributed by atoms with Gasteiger partial charge >= 0.3 is 0 Å². The summed E-state index contributed by atoms with van der Waals surface area (Å²) in [6.45, 7) is 3.85. The van der Waals surface area contributed by atoms with Gasteiger partial charge in [-0.15, -0.1) is 0 Å². The predicted molar refractivity (Wildman–Crippen MR) is 132 cm³/mol. The normalized spacial score (nSPS) is 11.1. The molecule has 35 heavy (non-hydrogen) atoms. The fourth-order valence-electron chi connectivity index (χ4n) is 4.22. The molecule has 0 fully saturated rings. The molecule has 0 aliphatic carbocycles. The third-order valence-corrected chi connectivity index (χ3v) is 6.29. The summed E-state index contributed by atoms with van der Waals surface area (Å²) in [5.41, 5.74) is 3.87. The van der Waals surface area contributed by atoms with Gasteiger partial charge in [0.05, 0.1) is 5.69 Å². The summed E-state index contributed by atoms with van der Waals surface area (Å²) in [5.74, 6) is -3.44. The molecule has 0 radical (unpaired) electrons. The number of pyridine rings is 1. The van der Waals surface area contributed by atoms with Crippen molar-refractivity contribution in [3.05, 3.63) is 112 Å². The molecule has 1 aromatic heterocycles. The molecular formula is C30H27F4N. The largest absolute Gasteiger partial charge is 0.256 e. The summed E-state index contributed by atoms with van der Waals surface area (Å²) in [4.78, 5) is 4.29. The van der Waals surface area contributed by atoms with Crippen LogP contribution in [0.3, 0.4) is 0 Å². The first-order valence-electron chi connectivity index (χ1n) is 11.9. The van der Waals surface area contributed by atoms with Gasteiger partial charge in [-0.2, -0.15) is 0 Å². The van der Waals surface area contributed by atoms with Gasteiger partial charge in [-0.1, -0.05) is 68.8 Å². The van der Waals surface area contributed by atoms with Crippen molar-refractivity contribution in [1.29, 1.82) is 0 Å². The van der Waals surface area contributed by atoms with Crippen LogP contribution in [-0.4, -0.2) is 4.98 Å². The molecule has 0 N–H and O–H groups in total. The molecule has 0 aliphatic heterocycles. The number of rotatable bonds is 8. The zero-order chi connectivity index (χ0) is 24.9. The second-order valence-electron chi connectivity index (χ2n) is 8.65. The lowest BCUT2D eigenvalue weighted by molar-refractivity contribution is 0.500. The highest BCUT2D eigenvalue weighted by atomic mass is 19.2. The first-order valence-corrected chi connectivity index (χ1v) is 11.9.